The SMILES string of the molecule is CC(C)Oc1nc(Cl)nc(Nc2c(F)cccc2F)n1. The first-order valence-corrected chi connectivity index (χ1v) is 6.13. The minimum Gasteiger partial charge on any atom is -0.461 e. The smallest absolute Gasteiger partial charge is 0.322 e. The van der Waals surface area contributed by atoms with E-state index in [2.05, 4.69) is 20.3 Å². The lowest BCUT2D eigenvalue weighted by Crippen LogP contribution is -2.11. The summed E-state index contributed by atoms with van der Waals surface area (Å²) in [5.74, 6) is -1.65. The maximum atomic E-state index is 13.5. The van der Waals surface area contributed by atoms with E-state index < -0.39 is 11.6 Å². The molecule has 0 spiro atoms. The van der Waals surface area contributed by atoms with Gasteiger partial charge in [0.25, 0.3) is 0 Å². The molecule has 0 radical (unpaired) electrons. The topological polar surface area (TPSA) is 59.9 Å². The number of benzene rings is 1. The molecule has 0 saturated heterocycles. The van der Waals surface area contributed by atoms with Gasteiger partial charge in [0.2, 0.25) is 11.2 Å². The predicted molar refractivity (Wildman–Crippen MR) is 70.2 cm³/mol. The van der Waals surface area contributed by atoms with Crippen LogP contribution in [-0.4, -0.2) is 21.1 Å². The van der Waals surface area contributed by atoms with Crippen LogP contribution in [0.3, 0.4) is 0 Å². The van der Waals surface area contributed by atoms with Gasteiger partial charge in [-0.3, -0.25) is 0 Å². The normalized spacial score (nSPS) is 10.7. The minimum atomic E-state index is -0.770. The van der Waals surface area contributed by atoms with Gasteiger partial charge in [-0.15, -0.1) is 0 Å². The second-order valence-electron chi connectivity index (χ2n) is 4.10. The predicted octanol–water partition coefficient (Wildman–Crippen LogP) is 3.33. The van der Waals surface area contributed by atoms with Crippen molar-refractivity contribution in [2.75, 3.05) is 5.32 Å². The lowest BCUT2D eigenvalue weighted by atomic mass is 10.3. The van der Waals surface area contributed by atoms with Gasteiger partial charge in [0.05, 0.1) is 6.10 Å². The average Bonchev–Trinajstić information content (AvgIpc) is 2.32. The van der Waals surface area contributed by atoms with Crippen LogP contribution in [0.1, 0.15) is 13.8 Å². The minimum absolute atomic E-state index is 0.0285. The third kappa shape index (κ3) is 3.51. The van der Waals surface area contributed by atoms with Gasteiger partial charge in [0.1, 0.15) is 17.3 Å². The van der Waals surface area contributed by atoms with Crippen LogP contribution in [0.2, 0.25) is 5.28 Å². The van der Waals surface area contributed by atoms with Gasteiger partial charge < -0.3 is 10.1 Å². The maximum absolute atomic E-state index is 13.5. The molecule has 1 heterocycles. The molecular weight excluding hydrogens is 290 g/mol. The summed E-state index contributed by atoms with van der Waals surface area (Å²) < 4.78 is 32.3. The van der Waals surface area contributed by atoms with E-state index in [9.17, 15) is 8.78 Å². The second-order valence-corrected chi connectivity index (χ2v) is 4.44. The summed E-state index contributed by atoms with van der Waals surface area (Å²) in [6, 6.07) is 3.45. The quantitative estimate of drug-likeness (QED) is 0.938. The molecule has 0 fully saturated rings. The fraction of sp³-hybridized carbons (Fsp3) is 0.250. The third-order valence-electron chi connectivity index (χ3n) is 2.13. The molecule has 2 rings (SSSR count). The number of ether oxygens (including phenoxy) is 1. The summed E-state index contributed by atoms with van der Waals surface area (Å²) in [6.45, 7) is 3.56. The van der Waals surface area contributed by atoms with Gasteiger partial charge in [-0.25, -0.2) is 8.78 Å². The highest BCUT2D eigenvalue weighted by Crippen LogP contribution is 2.22. The van der Waals surface area contributed by atoms with Crippen molar-refractivity contribution in [3.05, 3.63) is 35.1 Å². The Morgan fingerprint density at radius 1 is 1.15 bits per heavy atom. The first-order valence-electron chi connectivity index (χ1n) is 5.75. The van der Waals surface area contributed by atoms with Crippen LogP contribution in [0.5, 0.6) is 6.01 Å². The number of halogens is 3. The van der Waals surface area contributed by atoms with Crippen LogP contribution in [0.25, 0.3) is 0 Å². The number of hydrogen-bond donors (Lipinski definition) is 1. The summed E-state index contributed by atoms with van der Waals surface area (Å²) in [5, 5.41) is 2.27. The van der Waals surface area contributed by atoms with Crippen molar-refractivity contribution in [1.82, 2.24) is 15.0 Å². The van der Waals surface area contributed by atoms with Gasteiger partial charge in [0, 0.05) is 0 Å². The second kappa shape index (κ2) is 5.96. The molecule has 2 aromatic rings. The van der Waals surface area contributed by atoms with E-state index in [0.717, 1.165) is 12.1 Å². The highest BCUT2D eigenvalue weighted by atomic mass is 35.5. The molecule has 0 unspecified atom stereocenters. The number of para-hydroxylation sites is 1. The van der Waals surface area contributed by atoms with E-state index in [1.54, 1.807) is 13.8 Å². The maximum Gasteiger partial charge on any atom is 0.322 e. The molecular formula is C12H11ClF2N4O. The monoisotopic (exact) mass is 300 g/mol. The highest BCUT2D eigenvalue weighted by Gasteiger charge is 2.13. The Hall–Kier alpha value is -2.02. The van der Waals surface area contributed by atoms with Crippen molar-refractivity contribution in [2.24, 2.45) is 0 Å². The molecule has 0 aliphatic rings. The zero-order chi connectivity index (χ0) is 14.7. The number of aromatic nitrogens is 3. The van der Waals surface area contributed by atoms with Crippen molar-refractivity contribution < 1.29 is 13.5 Å². The molecule has 106 valence electrons. The molecule has 0 aliphatic carbocycles. The van der Waals surface area contributed by atoms with Crippen LogP contribution in [-0.2, 0) is 0 Å². The average molecular weight is 301 g/mol. The standard InChI is InChI=1S/C12H11ClF2N4O/c1-6(2)20-12-18-10(13)17-11(19-12)16-9-7(14)4-3-5-8(9)15/h3-6H,1-2H3,(H,16,17,18,19). The molecule has 0 bridgehead atoms. The summed E-state index contributed by atoms with van der Waals surface area (Å²) in [7, 11) is 0. The molecule has 0 amide bonds. The van der Waals surface area contributed by atoms with Crippen molar-refractivity contribution in [3.8, 4) is 6.01 Å². The Balaban J connectivity index is 2.31. The summed E-state index contributed by atoms with van der Waals surface area (Å²) in [5.41, 5.74) is -0.370. The van der Waals surface area contributed by atoms with Gasteiger partial charge in [-0.2, -0.15) is 15.0 Å². The van der Waals surface area contributed by atoms with Crippen molar-refractivity contribution in [1.29, 1.82) is 0 Å². The zero-order valence-corrected chi connectivity index (χ0v) is 11.4. The Morgan fingerprint density at radius 3 is 2.40 bits per heavy atom. The fourth-order valence-corrected chi connectivity index (χ4v) is 1.53. The largest absolute Gasteiger partial charge is 0.461 e. The molecule has 5 nitrogen and oxygen atoms in total. The summed E-state index contributed by atoms with van der Waals surface area (Å²) in [6.07, 6.45) is -0.175. The van der Waals surface area contributed by atoms with E-state index in [0.29, 0.717) is 0 Å². The first kappa shape index (κ1) is 14.4. The number of anilines is 2. The van der Waals surface area contributed by atoms with Crippen molar-refractivity contribution in [3.63, 3.8) is 0 Å². The molecule has 0 saturated carbocycles. The molecule has 8 heteroatoms. The van der Waals surface area contributed by atoms with E-state index in [-0.39, 0.29) is 29.0 Å². The van der Waals surface area contributed by atoms with E-state index >= 15 is 0 Å². The van der Waals surface area contributed by atoms with E-state index in [1.807, 2.05) is 0 Å². The van der Waals surface area contributed by atoms with Crippen LogP contribution in [0.4, 0.5) is 20.4 Å². The molecule has 20 heavy (non-hydrogen) atoms. The first-order chi connectivity index (χ1) is 9.45. The molecule has 1 N–H and O–H groups in total. The van der Waals surface area contributed by atoms with Crippen LogP contribution < -0.4 is 10.1 Å². The Morgan fingerprint density at radius 2 is 1.80 bits per heavy atom. The van der Waals surface area contributed by atoms with Gasteiger partial charge in [-0.1, -0.05) is 6.07 Å². The van der Waals surface area contributed by atoms with Crippen LogP contribution in [0, 0.1) is 11.6 Å². The van der Waals surface area contributed by atoms with Gasteiger partial charge in [0.15, 0.2) is 0 Å². The summed E-state index contributed by atoms with van der Waals surface area (Å²) in [4.78, 5) is 11.4. The summed E-state index contributed by atoms with van der Waals surface area (Å²) >= 11 is 5.71. The molecule has 1 aromatic carbocycles. The number of rotatable bonds is 4. The molecule has 0 aliphatic heterocycles. The van der Waals surface area contributed by atoms with E-state index in [1.165, 1.54) is 6.07 Å². The number of nitrogens with one attached hydrogen (secondary N) is 1. The lowest BCUT2D eigenvalue weighted by molar-refractivity contribution is 0.222. The zero-order valence-electron chi connectivity index (χ0n) is 10.7. The van der Waals surface area contributed by atoms with Crippen molar-refractivity contribution >= 4 is 23.2 Å². The number of nitrogens with zero attached hydrogens (tertiary/aromatic N) is 3. The Kier molecular flexibility index (Phi) is 4.29. The Bertz CT molecular complexity index is 604. The Labute approximate surface area is 119 Å². The fourth-order valence-electron chi connectivity index (χ4n) is 1.38. The lowest BCUT2D eigenvalue weighted by Gasteiger charge is -2.10. The van der Waals surface area contributed by atoms with Gasteiger partial charge in [-0.05, 0) is 37.6 Å². The van der Waals surface area contributed by atoms with Crippen LogP contribution >= 0.6 is 11.6 Å². The number of hydrogen-bond acceptors (Lipinski definition) is 5. The van der Waals surface area contributed by atoms with Crippen LogP contribution in [0.15, 0.2) is 18.2 Å². The molecule has 0 atom stereocenters. The van der Waals surface area contributed by atoms with Crippen molar-refractivity contribution in [2.45, 2.75) is 20.0 Å². The molecule has 1 aromatic heterocycles. The van der Waals surface area contributed by atoms with Gasteiger partial charge >= 0.3 is 6.01 Å². The third-order valence-corrected chi connectivity index (χ3v) is 2.30. The van der Waals surface area contributed by atoms with E-state index in [4.69, 9.17) is 16.3 Å². The highest BCUT2D eigenvalue weighted by molar-refractivity contribution is 6.28.